The van der Waals surface area contributed by atoms with Crippen molar-refractivity contribution in [2.24, 2.45) is 0 Å². The van der Waals surface area contributed by atoms with E-state index in [0.717, 1.165) is 29.9 Å². The van der Waals surface area contributed by atoms with Crippen molar-refractivity contribution in [2.75, 3.05) is 11.4 Å². The highest BCUT2D eigenvalue weighted by Crippen LogP contribution is 2.28. The maximum Gasteiger partial charge on any atom is 0.278 e. The third kappa shape index (κ3) is 1.91. The fraction of sp³-hybridized carbons (Fsp3) is 0.176. The Balaban J connectivity index is 1.74. The molecule has 0 unspecified atom stereocenters. The number of amides is 1. The van der Waals surface area contributed by atoms with Crippen molar-refractivity contribution in [1.29, 1.82) is 0 Å². The second-order valence-electron chi connectivity index (χ2n) is 5.43. The molecule has 21 heavy (non-hydrogen) atoms. The Hall–Kier alpha value is -2.62. The number of nitrogens with zero attached hydrogens (tertiary/aromatic N) is 3. The number of aryl methyl sites for hydroxylation is 1. The Kier molecular flexibility index (Phi) is 2.57. The Bertz CT molecular complexity index is 850. The lowest BCUT2D eigenvalue weighted by molar-refractivity contribution is 0.0985. The number of anilines is 1. The summed E-state index contributed by atoms with van der Waals surface area (Å²) >= 11 is 0. The Morgan fingerprint density at radius 2 is 2.10 bits per heavy atom. The molecule has 0 atom stereocenters. The van der Waals surface area contributed by atoms with Crippen molar-refractivity contribution in [1.82, 2.24) is 9.38 Å². The summed E-state index contributed by atoms with van der Waals surface area (Å²) in [7, 11) is 0. The highest BCUT2D eigenvalue weighted by atomic mass is 16.2. The van der Waals surface area contributed by atoms with Gasteiger partial charge in [0.15, 0.2) is 0 Å². The summed E-state index contributed by atoms with van der Waals surface area (Å²) in [5.74, 6) is -0.0266. The van der Waals surface area contributed by atoms with Crippen molar-refractivity contribution >= 4 is 17.2 Å². The molecule has 0 N–H and O–H groups in total. The van der Waals surface area contributed by atoms with Crippen LogP contribution in [0.4, 0.5) is 5.69 Å². The molecule has 0 bridgehead atoms. The number of carbonyl (C=O) groups excluding carboxylic acids is 1. The SMILES string of the molecule is Cc1ccn2cc(C(=O)N3CCc4ccccc43)nc2c1. The topological polar surface area (TPSA) is 37.6 Å². The predicted molar refractivity (Wildman–Crippen MR) is 81.8 cm³/mol. The maximum absolute atomic E-state index is 12.7. The fourth-order valence-corrected chi connectivity index (χ4v) is 2.87. The van der Waals surface area contributed by atoms with E-state index in [1.807, 2.05) is 52.8 Å². The van der Waals surface area contributed by atoms with Crippen LogP contribution in [-0.2, 0) is 6.42 Å². The second kappa shape index (κ2) is 4.45. The molecule has 0 spiro atoms. The van der Waals surface area contributed by atoms with E-state index in [4.69, 9.17) is 0 Å². The number of aromatic nitrogens is 2. The molecule has 0 saturated heterocycles. The second-order valence-corrected chi connectivity index (χ2v) is 5.43. The van der Waals surface area contributed by atoms with Gasteiger partial charge in [-0.1, -0.05) is 18.2 Å². The van der Waals surface area contributed by atoms with Crippen LogP contribution in [-0.4, -0.2) is 21.8 Å². The zero-order valence-electron chi connectivity index (χ0n) is 11.8. The molecule has 3 aromatic rings. The van der Waals surface area contributed by atoms with Crippen LogP contribution in [0.1, 0.15) is 21.6 Å². The van der Waals surface area contributed by atoms with Crippen LogP contribution in [0.15, 0.2) is 48.8 Å². The molecule has 0 radical (unpaired) electrons. The molecule has 1 aliphatic heterocycles. The summed E-state index contributed by atoms with van der Waals surface area (Å²) in [6.07, 6.45) is 4.65. The van der Waals surface area contributed by atoms with E-state index in [1.54, 1.807) is 6.20 Å². The van der Waals surface area contributed by atoms with E-state index >= 15 is 0 Å². The Morgan fingerprint density at radius 3 is 3.00 bits per heavy atom. The number of para-hydroxylation sites is 1. The zero-order valence-corrected chi connectivity index (χ0v) is 11.8. The van der Waals surface area contributed by atoms with Gasteiger partial charge in [-0.3, -0.25) is 4.79 Å². The molecule has 0 fully saturated rings. The normalized spacial score (nSPS) is 13.7. The lowest BCUT2D eigenvalue weighted by Crippen LogP contribution is -2.29. The number of carbonyl (C=O) groups is 1. The quantitative estimate of drug-likeness (QED) is 0.686. The van der Waals surface area contributed by atoms with Crippen LogP contribution in [0.3, 0.4) is 0 Å². The molecule has 4 heteroatoms. The minimum atomic E-state index is -0.0266. The third-order valence-corrected chi connectivity index (χ3v) is 3.97. The molecule has 1 aromatic carbocycles. The molecule has 3 heterocycles. The average molecular weight is 277 g/mol. The fourth-order valence-electron chi connectivity index (χ4n) is 2.87. The van der Waals surface area contributed by atoms with Gasteiger partial charge in [-0.25, -0.2) is 4.98 Å². The van der Waals surface area contributed by atoms with Gasteiger partial charge in [0, 0.05) is 24.6 Å². The van der Waals surface area contributed by atoms with E-state index in [1.165, 1.54) is 5.56 Å². The minimum absolute atomic E-state index is 0.0266. The number of hydrogen-bond donors (Lipinski definition) is 0. The molecule has 0 aliphatic carbocycles. The summed E-state index contributed by atoms with van der Waals surface area (Å²) in [6, 6.07) is 12.1. The van der Waals surface area contributed by atoms with E-state index in [-0.39, 0.29) is 5.91 Å². The Labute approximate surface area is 122 Å². The summed E-state index contributed by atoms with van der Waals surface area (Å²) in [5, 5.41) is 0. The van der Waals surface area contributed by atoms with Gasteiger partial charge in [-0.05, 0) is 42.7 Å². The first-order valence-corrected chi connectivity index (χ1v) is 7.07. The standard InChI is InChI=1S/C17H15N3O/c1-12-6-8-19-11-14(18-16(19)10-12)17(21)20-9-7-13-4-2-3-5-15(13)20/h2-6,8,10-11H,7,9H2,1H3. The van der Waals surface area contributed by atoms with Gasteiger partial charge >= 0.3 is 0 Å². The average Bonchev–Trinajstić information content (AvgIpc) is 3.09. The first kappa shape index (κ1) is 12.1. The van der Waals surface area contributed by atoms with E-state index in [9.17, 15) is 4.79 Å². The van der Waals surface area contributed by atoms with Crippen molar-refractivity contribution < 1.29 is 4.79 Å². The summed E-state index contributed by atoms with van der Waals surface area (Å²) in [5.41, 5.74) is 4.68. The maximum atomic E-state index is 12.7. The first-order valence-electron chi connectivity index (χ1n) is 7.07. The van der Waals surface area contributed by atoms with E-state index in [0.29, 0.717) is 5.69 Å². The van der Waals surface area contributed by atoms with Gasteiger partial charge in [0.05, 0.1) is 0 Å². The van der Waals surface area contributed by atoms with Gasteiger partial charge < -0.3 is 9.30 Å². The predicted octanol–water partition coefficient (Wildman–Crippen LogP) is 2.85. The van der Waals surface area contributed by atoms with Crippen molar-refractivity contribution in [3.05, 3.63) is 65.6 Å². The summed E-state index contributed by atoms with van der Waals surface area (Å²) in [4.78, 5) is 19.0. The lowest BCUT2D eigenvalue weighted by Gasteiger charge is -2.15. The molecule has 4 rings (SSSR count). The van der Waals surface area contributed by atoms with Gasteiger partial charge in [0.1, 0.15) is 11.3 Å². The molecule has 4 nitrogen and oxygen atoms in total. The van der Waals surface area contributed by atoms with Crippen LogP contribution in [0, 0.1) is 6.92 Å². The van der Waals surface area contributed by atoms with Crippen molar-refractivity contribution in [3.8, 4) is 0 Å². The Morgan fingerprint density at radius 1 is 1.24 bits per heavy atom. The van der Waals surface area contributed by atoms with Crippen LogP contribution < -0.4 is 4.90 Å². The molecular weight excluding hydrogens is 262 g/mol. The number of hydrogen-bond acceptors (Lipinski definition) is 2. The van der Waals surface area contributed by atoms with Crippen molar-refractivity contribution in [2.45, 2.75) is 13.3 Å². The first-order chi connectivity index (χ1) is 10.2. The number of rotatable bonds is 1. The minimum Gasteiger partial charge on any atom is -0.306 e. The summed E-state index contributed by atoms with van der Waals surface area (Å²) < 4.78 is 1.89. The number of imidazole rings is 1. The van der Waals surface area contributed by atoms with Gasteiger partial charge in [0.25, 0.3) is 5.91 Å². The molecular formula is C17H15N3O. The largest absolute Gasteiger partial charge is 0.306 e. The van der Waals surface area contributed by atoms with Crippen LogP contribution >= 0.6 is 0 Å². The molecule has 2 aromatic heterocycles. The van der Waals surface area contributed by atoms with E-state index < -0.39 is 0 Å². The number of benzene rings is 1. The number of fused-ring (bicyclic) bond motifs is 2. The van der Waals surface area contributed by atoms with E-state index in [2.05, 4.69) is 11.1 Å². The zero-order chi connectivity index (χ0) is 14.4. The molecule has 1 amide bonds. The van der Waals surface area contributed by atoms with Crippen LogP contribution in [0.2, 0.25) is 0 Å². The monoisotopic (exact) mass is 277 g/mol. The van der Waals surface area contributed by atoms with Gasteiger partial charge in [-0.15, -0.1) is 0 Å². The third-order valence-electron chi connectivity index (χ3n) is 3.97. The van der Waals surface area contributed by atoms with Gasteiger partial charge in [-0.2, -0.15) is 0 Å². The highest BCUT2D eigenvalue weighted by molar-refractivity contribution is 6.06. The smallest absolute Gasteiger partial charge is 0.278 e. The molecule has 0 saturated carbocycles. The highest BCUT2D eigenvalue weighted by Gasteiger charge is 2.26. The summed E-state index contributed by atoms with van der Waals surface area (Å²) in [6.45, 7) is 2.75. The number of pyridine rings is 1. The molecule has 104 valence electrons. The van der Waals surface area contributed by atoms with Gasteiger partial charge in [0.2, 0.25) is 0 Å². The lowest BCUT2D eigenvalue weighted by atomic mass is 10.2. The van der Waals surface area contributed by atoms with Crippen LogP contribution in [0.5, 0.6) is 0 Å². The van der Waals surface area contributed by atoms with Crippen molar-refractivity contribution in [3.63, 3.8) is 0 Å². The molecule has 1 aliphatic rings. The van der Waals surface area contributed by atoms with Crippen LogP contribution in [0.25, 0.3) is 5.65 Å².